The van der Waals surface area contributed by atoms with Crippen LogP contribution in [0.25, 0.3) is 11.1 Å². The summed E-state index contributed by atoms with van der Waals surface area (Å²) in [4.78, 5) is 20.4. The first-order valence-electron chi connectivity index (χ1n) is 5.18. The highest BCUT2D eigenvalue weighted by atomic mass is 35.5. The van der Waals surface area contributed by atoms with E-state index in [1.807, 2.05) is 0 Å². The quantitative estimate of drug-likeness (QED) is 0.631. The summed E-state index contributed by atoms with van der Waals surface area (Å²) < 4.78 is 0. The van der Waals surface area contributed by atoms with Gasteiger partial charge in [0.25, 0.3) is 0 Å². The number of hydrogen-bond donors (Lipinski definition) is 0. The van der Waals surface area contributed by atoms with Crippen LogP contribution in [0.4, 0.5) is 11.4 Å². The monoisotopic (exact) mass is 278 g/mol. The summed E-state index contributed by atoms with van der Waals surface area (Å²) in [6.07, 6.45) is 0. The third-order valence-electron chi connectivity index (χ3n) is 2.55. The van der Waals surface area contributed by atoms with Gasteiger partial charge in [-0.2, -0.15) is 0 Å². The Morgan fingerprint density at radius 1 is 0.895 bits per heavy atom. The van der Waals surface area contributed by atoms with E-state index in [-0.39, 0.29) is 5.56 Å². The predicted molar refractivity (Wildman–Crippen MR) is 70.2 cm³/mol. The van der Waals surface area contributed by atoms with Crippen molar-refractivity contribution in [2.24, 2.45) is 0 Å². The molecule has 2 aromatic carbocycles. The van der Waals surface area contributed by atoms with Crippen LogP contribution in [-0.4, -0.2) is 9.85 Å². The van der Waals surface area contributed by atoms with Crippen molar-refractivity contribution < 1.29 is 9.85 Å². The second kappa shape index (κ2) is 5.03. The second-order valence-corrected chi connectivity index (χ2v) is 4.13. The summed E-state index contributed by atoms with van der Waals surface area (Å²) in [5.74, 6) is 0. The van der Waals surface area contributed by atoms with Crippen LogP contribution in [0.15, 0.2) is 42.5 Å². The Kier molecular flexibility index (Phi) is 3.43. The summed E-state index contributed by atoms with van der Waals surface area (Å²) in [6.45, 7) is 0. The van der Waals surface area contributed by atoms with Crippen LogP contribution in [0.2, 0.25) is 5.02 Å². The van der Waals surface area contributed by atoms with Crippen molar-refractivity contribution in [3.8, 4) is 11.1 Å². The molecule has 0 unspecified atom stereocenters. The molecule has 0 aromatic heterocycles. The largest absolute Gasteiger partial charge is 0.353 e. The highest BCUT2D eigenvalue weighted by Gasteiger charge is 2.28. The molecule has 0 amide bonds. The fourth-order valence-corrected chi connectivity index (χ4v) is 1.86. The van der Waals surface area contributed by atoms with E-state index >= 15 is 0 Å². The number of hydrogen-bond acceptors (Lipinski definition) is 4. The number of nitrogens with zero attached hydrogens (tertiary/aromatic N) is 2. The van der Waals surface area contributed by atoms with E-state index < -0.39 is 21.2 Å². The van der Waals surface area contributed by atoms with Crippen molar-refractivity contribution in [3.05, 3.63) is 67.7 Å². The van der Waals surface area contributed by atoms with Crippen LogP contribution >= 0.6 is 11.6 Å². The molecule has 0 N–H and O–H groups in total. The number of halogens is 1. The molecule has 0 saturated heterocycles. The fourth-order valence-electron chi connectivity index (χ4n) is 1.73. The molecule has 0 fully saturated rings. The number of nitro groups is 2. The Bertz CT molecular complexity index is 655. The zero-order valence-electron chi connectivity index (χ0n) is 9.45. The third kappa shape index (κ3) is 2.53. The lowest BCUT2D eigenvalue weighted by atomic mass is 10.0. The summed E-state index contributed by atoms with van der Waals surface area (Å²) in [7, 11) is 0. The number of benzene rings is 2. The maximum Gasteiger partial charge on any atom is 0.353 e. The minimum atomic E-state index is -0.766. The van der Waals surface area contributed by atoms with Crippen LogP contribution in [0.1, 0.15) is 0 Å². The van der Waals surface area contributed by atoms with Gasteiger partial charge in [-0.05, 0) is 23.8 Å². The maximum atomic E-state index is 11.1. The highest BCUT2D eigenvalue weighted by Crippen LogP contribution is 2.37. The van der Waals surface area contributed by atoms with E-state index in [1.165, 1.54) is 12.1 Å². The van der Waals surface area contributed by atoms with E-state index in [1.54, 1.807) is 24.3 Å². The van der Waals surface area contributed by atoms with Crippen molar-refractivity contribution in [3.63, 3.8) is 0 Å². The normalized spacial score (nSPS) is 10.2. The van der Waals surface area contributed by atoms with Gasteiger partial charge in [-0.1, -0.05) is 29.8 Å². The van der Waals surface area contributed by atoms with E-state index in [0.717, 1.165) is 6.07 Å². The average molecular weight is 279 g/mol. The van der Waals surface area contributed by atoms with Crippen LogP contribution in [0.3, 0.4) is 0 Å². The molecular formula is C12H7ClN2O4. The maximum absolute atomic E-state index is 11.1. The van der Waals surface area contributed by atoms with Crippen LogP contribution in [-0.2, 0) is 0 Å². The van der Waals surface area contributed by atoms with Gasteiger partial charge in [0.1, 0.15) is 0 Å². The molecule has 0 aliphatic rings. The highest BCUT2D eigenvalue weighted by molar-refractivity contribution is 6.30. The summed E-state index contributed by atoms with van der Waals surface area (Å²) in [5, 5.41) is 22.4. The van der Waals surface area contributed by atoms with Gasteiger partial charge < -0.3 is 0 Å². The summed E-state index contributed by atoms with van der Waals surface area (Å²) in [6, 6.07) is 10.3. The molecule has 0 bridgehead atoms. The van der Waals surface area contributed by atoms with Crippen molar-refractivity contribution in [2.75, 3.05) is 0 Å². The lowest BCUT2D eigenvalue weighted by molar-refractivity contribution is -0.422. The lowest BCUT2D eigenvalue weighted by Gasteiger charge is -2.03. The molecule has 0 aliphatic heterocycles. The topological polar surface area (TPSA) is 86.3 Å². The van der Waals surface area contributed by atoms with E-state index in [9.17, 15) is 20.2 Å². The molecule has 0 radical (unpaired) electrons. The van der Waals surface area contributed by atoms with Gasteiger partial charge in [-0.3, -0.25) is 20.2 Å². The van der Waals surface area contributed by atoms with Gasteiger partial charge in [0.2, 0.25) is 0 Å². The first-order valence-corrected chi connectivity index (χ1v) is 5.56. The number of para-hydroxylation sites is 1. The molecule has 0 heterocycles. The first kappa shape index (κ1) is 13.0. The van der Waals surface area contributed by atoms with E-state index in [0.29, 0.717) is 10.6 Å². The molecule has 96 valence electrons. The number of rotatable bonds is 3. The second-order valence-electron chi connectivity index (χ2n) is 3.69. The minimum Gasteiger partial charge on any atom is -0.258 e. The van der Waals surface area contributed by atoms with E-state index in [4.69, 9.17) is 11.6 Å². The molecule has 0 spiro atoms. The molecular weight excluding hydrogens is 272 g/mol. The van der Waals surface area contributed by atoms with Crippen LogP contribution in [0, 0.1) is 20.2 Å². The third-order valence-corrected chi connectivity index (χ3v) is 2.80. The molecule has 2 rings (SSSR count). The zero-order valence-corrected chi connectivity index (χ0v) is 10.2. The van der Waals surface area contributed by atoms with Gasteiger partial charge in [-0.25, -0.2) is 0 Å². The zero-order chi connectivity index (χ0) is 14.0. The molecule has 7 heteroatoms. The van der Waals surface area contributed by atoms with Gasteiger partial charge in [0.05, 0.1) is 15.4 Å². The molecule has 19 heavy (non-hydrogen) atoms. The lowest BCUT2D eigenvalue weighted by Crippen LogP contribution is -1.98. The molecule has 0 aliphatic carbocycles. The smallest absolute Gasteiger partial charge is 0.258 e. The van der Waals surface area contributed by atoms with Gasteiger partial charge >= 0.3 is 11.4 Å². The predicted octanol–water partition coefficient (Wildman–Crippen LogP) is 3.82. The Hall–Kier alpha value is -2.47. The minimum absolute atomic E-state index is 0.191. The molecule has 2 aromatic rings. The van der Waals surface area contributed by atoms with Crippen molar-refractivity contribution >= 4 is 23.0 Å². The number of nitro benzene ring substituents is 2. The molecule has 0 saturated carbocycles. The van der Waals surface area contributed by atoms with Gasteiger partial charge in [0.15, 0.2) is 0 Å². The first-order chi connectivity index (χ1) is 9.00. The van der Waals surface area contributed by atoms with Crippen molar-refractivity contribution in [1.82, 2.24) is 0 Å². The van der Waals surface area contributed by atoms with Crippen LogP contribution in [0.5, 0.6) is 0 Å². The molecule has 0 atom stereocenters. The summed E-state index contributed by atoms with van der Waals surface area (Å²) >= 11 is 5.74. The Labute approximate surface area is 112 Å². The Morgan fingerprint density at radius 2 is 1.53 bits per heavy atom. The van der Waals surface area contributed by atoms with Gasteiger partial charge in [0, 0.05) is 11.1 Å². The summed E-state index contributed by atoms with van der Waals surface area (Å²) in [5.41, 5.74) is -0.358. The standard InChI is InChI=1S/C12H7ClN2O4/c13-9-6-4-8(5-7-9)10-2-1-3-11(14(16)17)12(10)15(18)19/h1-7H. The Morgan fingerprint density at radius 3 is 2.05 bits per heavy atom. The molecule has 6 nitrogen and oxygen atoms in total. The van der Waals surface area contributed by atoms with E-state index in [2.05, 4.69) is 0 Å². The van der Waals surface area contributed by atoms with Crippen molar-refractivity contribution in [2.45, 2.75) is 0 Å². The van der Waals surface area contributed by atoms with Gasteiger partial charge in [-0.15, -0.1) is 0 Å². The van der Waals surface area contributed by atoms with Crippen LogP contribution < -0.4 is 0 Å². The Balaban J connectivity index is 2.69. The average Bonchev–Trinajstić information content (AvgIpc) is 2.38. The van der Waals surface area contributed by atoms with Crippen molar-refractivity contribution in [1.29, 1.82) is 0 Å². The fraction of sp³-hybridized carbons (Fsp3) is 0. The SMILES string of the molecule is O=[N+]([O-])c1cccc(-c2ccc(Cl)cc2)c1[N+](=O)[O-].